The molecule has 1 aromatic rings. The van der Waals surface area contributed by atoms with Crippen molar-refractivity contribution in [3.63, 3.8) is 0 Å². The summed E-state index contributed by atoms with van der Waals surface area (Å²) in [6.07, 6.45) is 3.28. The van der Waals surface area contributed by atoms with Crippen LogP contribution in [0.1, 0.15) is 12.0 Å². The Morgan fingerprint density at radius 3 is 2.81 bits per heavy atom. The van der Waals surface area contributed by atoms with Crippen LogP contribution in [0, 0.1) is 0 Å². The van der Waals surface area contributed by atoms with Crippen molar-refractivity contribution in [3.05, 3.63) is 30.0 Å². The van der Waals surface area contributed by atoms with Crippen molar-refractivity contribution in [1.82, 2.24) is 4.98 Å². The summed E-state index contributed by atoms with van der Waals surface area (Å²) in [6, 6.07) is 2.89. The minimum absolute atomic E-state index is 0.0346. The fourth-order valence-corrected chi connectivity index (χ4v) is 2.27. The predicted octanol–water partition coefficient (Wildman–Crippen LogP) is 0.484. The van der Waals surface area contributed by atoms with Crippen molar-refractivity contribution in [2.45, 2.75) is 6.42 Å². The number of nitrogens with zero attached hydrogens (tertiary/aromatic N) is 1. The van der Waals surface area contributed by atoms with Gasteiger partial charge in [0.25, 0.3) is 0 Å². The molecule has 0 aliphatic rings. The molecule has 0 radical (unpaired) electrons. The number of carboxylic acid groups (broad SMARTS) is 1. The summed E-state index contributed by atoms with van der Waals surface area (Å²) < 4.78 is 30.0. The number of pyridine rings is 1. The molecule has 0 bridgehead atoms. The van der Waals surface area contributed by atoms with Gasteiger partial charge in [-0.15, -0.1) is 0 Å². The van der Waals surface area contributed by atoms with E-state index in [0.29, 0.717) is 5.56 Å². The number of esters is 1. The number of carboxylic acids is 1. The van der Waals surface area contributed by atoms with Crippen molar-refractivity contribution in [2.75, 3.05) is 17.6 Å². The van der Waals surface area contributed by atoms with Crippen molar-refractivity contribution in [3.8, 4) is 0 Å². The summed E-state index contributed by atoms with van der Waals surface area (Å²) in [5.41, 5.74) is 0.470. The number of aromatic nitrogens is 1. The summed E-state index contributed by atoms with van der Waals surface area (Å²) in [5.74, 6) is -2.15. The number of carbonyl (C=O) groups excluding carboxylic acids is 1. The molecule has 0 spiro atoms. The van der Waals surface area contributed by atoms with E-state index in [0.717, 1.165) is 6.08 Å². The lowest BCUT2D eigenvalue weighted by molar-refractivity contribution is -0.140. The van der Waals surface area contributed by atoms with Crippen molar-refractivity contribution in [1.29, 1.82) is 0 Å². The quantitative estimate of drug-likeness (QED) is 0.554. The monoisotopic (exact) mass is 314 g/mol. The number of anilines is 1. The third-order valence-electron chi connectivity index (χ3n) is 2.27. The van der Waals surface area contributed by atoms with Crippen LogP contribution in [0.5, 0.6) is 0 Å². The lowest BCUT2D eigenvalue weighted by Gasteiger charge is -2.07. The highest BCUT2D eigenvalue weighted by Crippen LogP contribution is 2.11. The van der Waals surface area contributed by atoms with Crippen LogP contribution in [0.4, 0.5) is 5.82 Å². The number of aliphatic carboxylic acids is 1. The number of hydrogen-bond donors (Lipinski definition) is 2. The first-order chi connectivity index (χ1) is 9.82. The average molecular weight is 314 g/mol. The van der Waals surface area contributed by atoms with Gasteiger partial charge in [0.2, 0.25) is 10.0 Å². The van der Waals surface area contributed by atoms with Gasteiger partial charge in [0.1, 0.15) is 5.82 Å². The maximum atomic E-state index is 11.7. The van der Waals surface area contributed by atoms with E-state index in [-0.39, 0.29) is 12.2 Å². The zero-order chi connectivity index (χ0) is 15.9. The van der Waals surface area contributed by atoms with E-state index in [4.69, 9.17) is 5.11 Å². The SMILES string of the molecule is COC(=O)CCS(=O)(=O)Nc1cc(/C=C/C(=O)O)ccn1. The number of nitrogens with one attached hydrogen (secondary N) is 1. The van der Waals surface area contributed by atoms with Gasteiger partial charge < -0.3 is 9.84 Å². The largest absolute Gasteiger partial charge is 0.478 e. The highest BCUT2D eigenvalue weighted by molar-refractivity contribution is 7.92. The Morgan fingerprint density at radius 2 is 2.19 bits per heavy atom. The zero-order valence-electron chi connectivity index (χ0n) is 11.1. The second kappa shape index (κ2) is 7.39. The molecule has 21 heavy (non-hydrogen) atoms. The smallest absolute Gasteiger partial charge is 0.328 e. The lowest BCUT2D eigenvalue weighted by Crippen LogP contribution is -2.20. The fourth-order valence-electron chi connectivity index (χ4n) is 1.30. The minimum atomic E-state index is -3.74. The Kier molecular flexibility index (Phi) is 5.85. The first-order valence-electron chi connectivity index (χ1n) is 5.77. The Labute approximate surface area is 121 Å². The summed E-state index contributed by atoms with van der Waals surface area (Å²) in [5, 5.41) is 8.52. The second-order valence-corrected chi connectivity index (χ2v) is 5.73. The third-order valence-corrected chi connectivity index (χ3v) is 3.53. The van der Waals surface area contributed by atoms with E-state index in [9.17, 15) is 18.0 Å². The summed E-state index contributed by atoms with van der Waals surface area (Å²) in [4.78, 5) is 25.1. The molecule has 0 unspecified atom stereocenters. The molecule has 0 saturated carbocycles. The van der Waals surface area contributed by atoms with E-state index >= 15 is 0 Å². The molecule has 114 valence electrons. The van der Waals surface area contributed by atoms with E-state index < -0.39 is 27.7 Å². The summed E-state index contributed by atoms with van der Waals surface area (Å²) >= 11 is 0. The van der Waals surface area contributed by atoms with Gasteiger partial charge in [0.15, 0.2) is 0 Å². The summed E-state index contributed by atoms with van der Waals surface area (Å²) in [6.45, 7) is 0. The molecule has 1 aromatic heterocycles. The lowest BCUT2D eigenvalue weighted by atomic mass is 10.2. The molecule has 0 aliphatic heterocycles. The normalized spacial score (nSPS) is 11.3. The number of sulfonamides is 1. The molecule has 9 heteroatoms. The van der Waals surface area contributed by atoms with Crippen LogP contribution in [-0.2, 0) is 24.3 Å². The van der Waals surface area contributed by atoms with Crippen LogP contribution in [0.25, 0.3) is 6.08 Å². The second-order valence-electron chi connectivity index (χ2n) is 3.89. The Bertz CT molecular complexity index is 653. The van der Waals surface area contributed by atoms with Crippen molar-refractivity contribution < 1.29 is 27.9 Å². The van der Waals surface area contributed by atoms with Crippen molar-refractivity contribution in [2.24, 2.45) is 0 Å². The van der Waals surface area contributed by atoms with E-state index in [2.05, 4.69) is 14.4 Å². The van der Waals surface area contributed by atoms with Crippen LogP contribution in [0.2, 0.25) is 0 Å². The van der Waals surface area contributed by atoms with Gasteiger partial charge in [-0.3, -0.25) is 9.52 Å². The Hall–Kier alpha value is -2.42. The van der Waals surface area contributed by atoms with Crippen molar-refractivity contribution >= 4 is 33.9 Å². The number of methoxy groups -OCH3 is 1. The van der Waals surface area contributed by atoms with E-state index in [1.165, 1.54) is 31.5 Å². The van der Waals surface area contributed by atoms with Crippen LogP contribution in [0.15, 0.2) is 24.4 Å². The number of hydrogen-bond acceptors (Lipinski definition) is 6. The number of carbonyl (C=O) groups is 2. The summed E-state index contributed by atoms with van der Waals surface area (Å²) in [7, 11) is -2.57. The molecule has 0 aromatic carbocycles. The molecule has 0 amide bonds. The predicted molar refractivity (Wildman–Crippen MR) is 74.9 cm³/mol. The van der Waals surface area contributed by atoms with Gasteiger partial charge in [0, 0.05) is 12.3 Å². The average Bonchev–Trinajstić information content (AvgIpc) is 2.42. The van der Waals surface area contributed by atoms with Gasteiger partial charge in [-0.05, 0) is 23.8 Å². The van der Waals surface area contributed by atoms with Crippen LogP contribution < -0.4 is 4.72 Å². The fraction of sp³-hybridized carbons (Fsp3) is 0.250. The number of ether oxygens (including phenoxy) is 1. The maximum absolute atomic E-state index is 11.7. The molecule has 0 fully saturated rings. The molecule has 8 nitrogen and oxygen atoms in total. The molecular weight excluding hydrogens is 300 g/mol. The van der Waals surface area contributed by atoms with Crippen LogP contribution in [-0.4, -0.2) is 43.3 Å². The van der Waals surface area contributed by atoms with Gasteiger partial charge >= 0.3 is 11.9 Å². The molecular formula is C12H14N2O6S. The van der Waals surface area contributed by atoms with Crippen LogP contribution in [0.3, 0.4) is 0 Å². The highest BCUT2D eigenvalue weighted by atomic mass is 32.2. The van der Waals surface area contributed by atoms with E-state index in [1.54, 1.807) is 0 Å². The minimum Gasteiger partial charge on any atom is -0.478 e. The highest BCUT2D eigenvalue weighted by Gasteiger charge is 2.14. The van der Waals surface area contributed by atoms with Gasteiger partial charge in [-0.2, -0.15) is 0 Å². The third kappa shape index (κ3) is 6.52. The number of rotatable bonds is 7. The van der Waals surface area contributed by atoms with Gasteiger partial charge in [0.05, 0.1) is 19.3 Å². The Balaban J connectivity index is 2.76. The molecule has 2 N–H and O–H groups in total. The molecule has 0 saturated heterocycles. The molecule has 0 aliphatic carbocycles. The topological polar surface area (TPSA) is 123 Å². The maximum Gasteiger partial charge on any atom is 0.328 e. The molecule has 1 rings (SSSR count). The standard InChI is InChI=1S/C12H14N2O6S/c1-20-12(17)5-7-21(18,19)14-10-8-9(4-6-13-10)2-3-11(15)16/h2-4,6,8H,5,7H2,1H3,(H,13,14)(H,15,16)/b3-2+. The van der Waals surface area contributed by atoms with Gasteiger partial charge in [-0.25, -0.2) is 18.2 Å². The molecule has 1 heterocycles. The van der Waals surface area contributed by atoms with E-state index in [1.807, 2.05) is 0 Å². The zero-order valence-corrected chi connectivity index (χ0v) is 12.0. The first-order valence-corrected chi connectivity index (χ1v) is 7.42. The Morgan fingerprint density at radius 1 is 1.48 bits per heavy atom. The first kappa shape index (κ1) is 16.6. The van der Waals surface area contributed by atoms with Crippen LogP contribution >= 0.6 is 0 Å². The van der Waals surface area contributed by atoms with Gasteiger partial charge in [-0.1, -0.05) is 0 Å². The molecule has 0 atom stereocenters.